The van der Waals surface area contributed by atoms with Crippen LogP contribution in [-0.4, -0.2) is 23.2 Å². The van der Waals surface area contributed by atoms with Gasteiger partial charge in [-0.2, -0.15) is 0 Å². The Kier molecular flexibility index (Phi) is 4.94. The van der Waals surface area contributed by atoms with Crippen LogP contribution in [0.4, 0.5) is 0 Å². The molecule has 0 saturated carbocycles. The molecule has 0 aliphatic carbocycles. The van der Waals surface area contributed by atoms with E-state index in [1.165, 1.54) is 25.7 Å². The number of nitrogens with one attached hydrogen (secondary N) is 1. The van der Waals surface area contributed by atoms with Gasteiger partial charge in [0, 0.05) is 6.04 Å². The first-order valence-corrected chi connectivity index (χ1v) is 5.73. The van der Waals surface area contributed by atoms with Gasteiger partial charge in [-0.3, -0.25) is 4.79 Å². The van der Waals surface area contributed by atoms with Crippen LogP contribution in [0.1, 0.15) is 51.9 Å². The molecule has 1 saturated heterocycles. The Morgan fingerprint density at radius 1 is 1.36 bits per heavy atom. The van der Waals surface area contributed by atoms with Crippen molar-refractivity contribution < 1.29 is 9.90 Å². The van der Waals surface area contributed by atoms with E-state index in [1.54, 1.807) is 0 Å². The molecule has 1 aliphatic heterocycles. The van der Waals surface area contributed by atoms with Crippen molar-refractivity contribution in [2.24, 2.45) is 0 Å². The maximum absolute atomic E-state index is 10.7. The molecule has 2 N–H and O–H groups in total. The summed E-state index contributed by atoms with van der Waals surface area (Å²) >= 11 is 0. The van der Waals surface area contributed by atoms with Gasteiger partial charge in [0.2, 0.25) is 0 Å². The topological polar surface area (TPSA) is 49.3 Å². The third kappa shape index (κ3) is 3.66. The maximum atomic E-state index is 10.7. The Balaban J connectivity index is 2.07. The highest BCUT2D eigenvalue weighted by molar-refractivity contribution is 5.73. The van der Waals surface area contributed by atoms with Gasteiger partial charge in [-0.1, -0.05) is 32.6 Å². The number of aliphatic carboxylic acids is 1. The summed E-state index contributed by atoms with van der Waals surface area (Å²) in [7, 11) is 0. The van der Waals surface area contributed by atoms with Crippen LogP contribution in [0.15, 0.2) is 0 Å². The lowest BCUT2D eigenvalue weighted by atomic mass is 10.1. The van der Waals surface area contributed by atoms with Crippen LogP contribution in [0.5, 0.6) is 0 Å². The van der Waals surface area contributed by atoms with E-state index in [9.17, 15) is 4.79 Å². The maximum Gasteiger partial charge on any atom is 0.320 e. The largest absolute Gasteiger partial charge is 0.480 e. The van der Waals surface area contributed by atoms with E-state index in [4.69, 9.17) is 5.11 Å². The third-order valence-electron chi connectivity index (χ3n) is 2.94. The van der Waals surface area contributed by atoms with Crippen molar-refractivity contribution in [2.75, 3.05) is 0 Å². The highest BCUT2D eigenvalue weighted by atomic mass is 16.4. The van der Waals surface area contributed by atoms with Crippen LogP contribution < -0.4 is 5.32 Å². The number of hydrogen-bond donors (Lipinski definition) is 2. The number of rotatable bonds is 6. The van der Waals surface area contributed by atoms with Crippen molar-refractivity contribution in [3.63, 3.8) is 0 Å². The third-order valence-corrected chi connectivity index (χ3v) is 2.94. The number of carbonyl (C=O) groups is 1. The van der Waals surface area contributed by atoms with Crippen molar-refractivity contribution in [3.05, 3.63) is 0 Å². The first kappa shape index (κ1) is 11.5. The molecule has 2 atom stereocenters. The molecule has 1 rings (SSSR count). The normalized spacial score (nSPS) is 26.6. The molecule has 0 bridgehead atoms. The molecular weight excluding hydrogens is 178 g/mol. The second-order valence-electron chi connectivity index (χ2n) is 4.18. The highest BCUT2D eigenvalue weighted by Gasteiger charge is 2.27. The van der Waals surface area contributed by atoms with Gasteiger partial charge in [-0.15, -0.1) is 0 Å². The summed E-state index contributed by atoms with van der Waals surface area (Å²) < 4.78 is 0. The molecule has 3 heteroatoms. The number of carboxylic acids is 1. The van der Waals surface area contributed by atoms with E-state index < -0.39 is 5.97 Å². The summed E-state index contributed by atoms with van der Waals surface area (Å²) in [4.78, 5) is 10.7. The van der Waals surface area contributed by atoms with Gasteiger partial charge in [0.05, 0.1) is 0 Å². The first-order valence-electron chi connectivity index (χ1n) is 5.73. The van der Waals surface area contributed by atoms with Gasteiger partial charge in [0.1, 0.15) is 6.04 Å². The quantitative estimate of drug-likeness (QED) is 0.644. The van der Waals surface area contributed by atoms with E-state index in [0.717, 1.165) is 19.3 Å². The molecule has 0 radical (unpaired) electrons. The zero-order chi connectivity index (χ0) is 10.4. The molecule has 1 fully saturated rings. The van der Waals surface area contributed by atoms with Crippen molar-refractivity contribution >= 4 is 5.97 Å². The fourth-order valence-electron chi connectivity index (χ4n) is 2.06. The summed E-state index contributed by atoms with van der Waals surface area (Å²) in [6.45, 7) is 2.20. The Hall–Kier alpha value is -0.570. The van der Waals surface area contributed by atoms with Gasteiger partial charge in [-0.05, 0) is 19.3 Å². The van der Waals surface area contributed by atoms with Crippen LogP contribution >= 0.6 is 0 Å². The summed E-state index contributed by atoms with van der Waals surface area (Å²) in [6, 6.07) is 0.166. The van der Waals surface area contributed by atoms with Crippen LogP contribution in [0.3, 0.4) is 0 Å². The van der Waals surface area contributed by atoms with Crippen LogP contribution in [-0.2, 0) is 4.79 Å². The molecule has 0 aromatic rings. The molecule has 82 valence electrons. The van der Waals surface area contributed by atoms with Crippen LogP contribution in [0.25, 0.3) is 0 Å². The van der Waals surface area contributed by atoms with Gasteiger partial charge < -0.3 is 10.4 Å². The van der Waals surface area contributed by atoms with Gasteiger partial charge in [0.15, 0.2) is 0 Å². The fourth-order valence-corrected chi connectivity index (χ4v) is 2.06. The lowest BCUT2D eigenvalue weighted by Crippen LogP contribution is -2.35. The second kappa shape index (κ2) is 6.02. The minimum absolute atomic E-state index is 0.286. The summed E-state index contributed by atoms with van der Waals surface area (Å²) in [5.74, 6) is -0.693. The molecular formula is C11H21NO2. The SMILES string of the molecule is CCCCCCC1CCC(C(=O)O)N1. The molecule has 2 unspecified atom stereocenters. The zero-order valence-corrected chi connectivity index (χ0v) is 8.96. The van der Waals surface area contributed by atoms with Crippen LogP contribution in [0, 0.1) is 0 Å². The second-order valence-corrected chi connectivity index (χ2v) is 4.18. The van der Waals surface area contributed by atoms with Gasteiger partial charge in [0.25, 0.3) is 0 Å². The molecule has 0 amide bonds. The molecule has 1 aliphatic rings. The van der Waals surface area contributed by atoms with Crippen LogP contribution in [0.2, 0.25) is 0 Å². The number of unbranched alkanes of at least 4 members (excludes halogenated alkanes) is 3. The highest BCUT2D eigenvalue weighted by Crippen LogP contribution is 2.17. The minimum Gasteiger partial charge on any atom is -0.480 e. The van der Waals surface area contributed by atoms with E-state index in [0.29, 0.717) is 6.04 Å². The minimum atomic E-state index is -0.693. The van der Waals surface area contributed by atoms with E-state index in [2.05, 4.69) is 12.2 Å². The van der Waals surface area contributed by atoms with E-state index in [1.807, 2.05) is 0 Å². The van der Waals surface area contributed by atoms with Crippen molar-refractivity contribution in [2.45, 2.75) is 64.0 Å². The number of carboxylic acid groups (broad SMARTS) is 1. The molecule has 0 aromatic carbocycles. The van der Waals surface area contributed by atoms with Crippen molar-refractivity contribution in [1.29, 1.82) is 0 Å². The smallest absolute Gasteiger partial charge is 0.320 e. The Morgan fingerprint density at radius 3 is 2.71 bits per heavy atom. The first-order chi connectivity index (χ1) is 6.74. The van der Waals surface area contributed by atoms with E-state index in [-0.39, 0.29) is 6.04 Å². The lowest BCUT2D eigenvalue weighted by molar-refractivity contribution is -0.139. The molecule has 3 nitrogen and oxygen atoms in total. The predicted molar refractivity (Wildman–Crippen MR) is 56.3 cm³/mol. The van der Waals surface area contributed by atoms with E-state index >= 15 is 0 Å². The summed E-state index contributed by atoms with van der Waals surface area (Å²) in [6.07, 6.45) is 8.05. The van der Waals surface area contributed by atoms with Crippen molar-refractivity contribution in [1.82, 2.24) is 5.32 Å². The summed E-state index contributed by atoms with van der Waals surface area (Å²) in [5.41, 5.74) is 0. The Labute approximate surface area is 85.9 Å². The average Bonchev–Trinajstić information content (AvgIpc) is 2.61. The monoisotopic (exact) mass is 199 g/mol. The predicted octanol–water partition coefficient (Wildman–Crippen LogP) is 2.16. The van der Waals surface area contributed by atoms with Gasteiger partial charge >= 0.3 is 5.97 Å². The fraction of sp³-hybridized carbons (Fsp3) is 0.909. The van der Waals surface area contributed by atoms with Gasteiger partial charge in [-0.25, -0.2) is 0 Å². The lowest BCUT2D eigenvalue weighted by Gasteiger charge is -2.11. The molecule has 1 heterocycles. The molecule has 14 heavy (non-hydrogen) atoms. The average molecular weight is 199 g/mol. The number of hydrogen-bond acceptors (Lipinski definition) is 2. The molecule has 0 aromatic heterocycles. The van der Waals surface area contributed by atoms with Crippen molar-refractivity contribution in [3.8, 4) is 0 Å². The Morgan fingerprint density at radius 2 is 2.14 bits per heavy atom. The standard InChI is InChI=1S/C11H21NO2/c1-2-3-4-5-6-9-7-8-10(12-9)11(13)14/h9-10,12H,2-8H2,1H3,(H,13,14). The zero-order valence-electron chi connectivity index (χ0n) is 8.96. The Bertz CT molecular complexity index is 182. The summed E-state index contributed by atoms with van der Waals surface area (Å²) in [5, 5.41) is 11.9. The molecule has 0 spiro atoms.